The third-order valence-corrected chi connectivity index (χ3v) is 3.23. The first-order chi connectivity index (χ1) is 7.66. The van der Waals surface area contributed by atoms with Crippen molar-refractivity contribution in [3.63, 3.8) is 0 Å². The van der Waals surface area contributed by atoms with Crippen LogP contribution in [0.3, 0.4) is 0 Å². The quantitative estimate of drug-likeness (QED) is 0.860. The molecule has 86 valence electrons. The molecular weight excluding hydrogens is 229 g/mol. The number of hydrogen-bond acceptors (Lipinski definition) is 2. The monoisotopic (exact) mass is 241 g/mol. The topological polar surface area (TPSA) is 29.1 Å². The maximum absolute atomic E-state index is 12.8. The predicted molar refractivity (Wildman–Crippen MR) is 61.1 cm³/mol. The molecule has 1 aromatic carbocycles. The summed E-state index contributed by atoms with van der Waals surface area (Å²) in [6, 6.07) is 4.32. The fourth-order valence-electron chi connectivity index (χ4n) is 1.94. The highest BCUT2D eigenvalue weighted by Gasteiger charge is 2.22. The van der Waals surface area contributed by atoms with Crippen LogP contribution in [0, 0.1) is 11.7 Å². The van der Waals surface area contributed by atoms with E-state index in [2.05, 4.69) is 5.32 Å². The number of piperidine rings is 1. The van der Waals surface area contributed by atoms with Crippen molar-refractivity contribution in [3.05, 3.63) is 34.6 Å². The second-order valence-electron chi connectivity index (χ2n) is 4.06. The zero-order valence-electron chi connectivity index (χ0n) is 8.80. The highest BCUT2D eigenvalue weighted by molar-refractivity contribution is 6.31. The smallest absolute Gasteiger partial charge is 0.138 e. The average molecular weight is 242 g/mol. The molecule has 1 unspecified atom stereocenters. The van der Waals surface area contributed by atoms with Gasteiger partial charge in [-0.15, -0.1) is 0 Å². The summed E-state index contributed by atoms with van der Waals surface area (Å²) in [5.74, 6) is -0.113. The molecule has 1 aliphatic heterocycles. The first-order valence-electron chi connectivity index (χ1n) is 5.34. The van der Waals surface area contributed by atoms with Crippen LogP contribution in [0.25, 0.3) is 0 Å². The molecule has 0 spiro atoms. The van der Waals surface area contributed by atoms with E-state index in [1.807, 2.05) is 0 Å². The van der Waals surface area contributed by atoms with Crippen molar-refractivity contribution in [2.75, 3.05) is 13.1 Å². The van der Waals surface area contributed by atoms with Gasteiger partial charge in [0.15, 0.2) is 0 Å². The summed E-state index contributed by atoms with van der Waals surface area (Å²) in [4.78, 5) is 11.6. The SMILES string of the molecule is O=C1CCNCC1Cc1ccc(F)cc1Cl. The van der Waals surface area contributed by atoms with Gasteiger partial charge in [0.05, 0.1) is 0 Å². The summed E-state index contributed by atoms with van der Waals surface area (Å²) < 4.78 is 12.8. The predicted octanol–water partition coefficient (Wildman–Crippen LogP) is 2.20. The van der Waals surface area contributed by atoms with Crippen LogP contribution in [-0.2, 0) is 11.2 Å². The second-order valence-corrected chi connectivity index (χ2v) is 4.46. The molecule has 1 aliphatic rings. The molecule has 1 saturated heterocycles. The number of carbonyl (C=O) groups excluding carboxylic acids is 1. The minimum atomic E-state index is -0.346. The third-order valence-electron chi connectivity index (χ3n) is 2.88. The molecule has 2 nitrogen and oxygen atoms in total. The molecule has 0 aromatic heterocycles. The Labute approximate surface area is 98.8 Å². The molecule has 1 aromatic rings. The lowest BCUT2D eigenvalue weighted by Crippen LogP contribution is -2.37. The Bertz CT molecular complexity index is 408. The summed E-state index contributed by atoms with van der Waals surface area (Å²) in [5.41, 5.74) is 0.838. The van der Waals surface area contributed by atoms with E-state index in [0.717, 1.165) is 12.1 Å². The van der Waals surface area contributed by atoms with Crippen LogP contribution in [0.15, 0.2) is 18.2 Å². The van der Waals surface area contributed by atoms with E-state index >= 15 is 0 Å². The lowest BCUT2D eigenvalue weighted by Gasteiger charge is -2.21. The van der Waals surface area contributed by atoms with E-state index in [0.29, 0.717) is 24.4 Å². The molecule has 0 amide bonds. The third kappa shape index (κ3) is 2.60. The van der Waals surface area contributed by atoms with Crippen molar-refractivity contribution in [3.8, 4) is 0 Å². The van der Waals surface area contributed by atoms with Crippen LogP contribution >= 0.6 is 11.6 Å². The van der Waals surface area contributed by atoms with E-state index in [1.165, 1.54) is 12.1 Å². The molecule has 0 bridgehead atoms. The Kier molecular flexibility index (Phi) is 3.56. The zero-order valence-corrected chi connectivity index (χ0v) is 9.56. The molecule has 0 radical (unpaired) electrons. The van der Waals surface area contributed by atoms with Crippen LogP contribution in [0.4, 0.5) is 4.39 Å². The lowest BCUT2D eigenvalue weighted by molar-refractivity contribution is -0.123. The van der Waals surface area contributed by atoms with Gasteiger partial charge in [0.2, 0.25) is 0 Å². The van der Waals surface area contributed by atoms with Gasteiger partial charge in [0, 0.05) is 30.5 Å². The molecule has 1 N–H and O–H groups in total. The number of nitrogens with one attached hydrogen (secondary N) is 1. The summed E-state index contributed by atoms with van der Waals surface area (Å²) in [6.45, 7) is 1.44. The number of benzene rings is 1. The molecule has 0 saturated carbocycles. The lowest BCUT2D eigenvalue weighted by atomic mass is 9.91. The van der Waals surface area contributed by atoms with Crippen molar-refractivity contribution < 1.29 is 9.18 Å². The fraction of sp³-hybridized carbons (Fsp3) is 0.417. The van der Waals surface area contributed by atoms with E-state index in [9.17, 15) is 9.18 Å². The first-order valence-corrected chi connectivity index (χ1v) is 5.72. The largest absolute Gasteiger partial charge is 0.316 e. The summed E-state index contributed by atoms with van der Waals surface area (Å²) in [7, 11) is 0. The summed E-state index contributed by atoms with van der Waals surface area (Å²) in [6.07, 6.45) is 1.16. The number of ketones is 1. The van der Waals surface area contributed by atoms with Crippen molar-refractivity contribution in [2.24, 2.45) is 5.92 Å². The van der Waals surface area contributed by atoms with E-state index in [4.69, 9.17) is 11.6 Å². The van der Waals surface area contributed by atoms with E-state index in [1.54, 1.807) is 6.07 Å². The average Bonchev–Trinajstić information content (AvgIpc) is 2.25. The highest BCUT2D eigenvalue weighted by Crippen LogP contribution is 2.22. The van der Waals surface area contributed by atoms with E-state index in [-0.39, 0.29) is 17.5 Å². The number of carbonyl (C=O) groups is 1. The second kappa shape index (κ2) is 4.93. The minimum Gasteiger partial charge on any atom is -0.316 e. The molecule has 0 aliphatic carbocycles. The Morgan fingerprint density at radius 2 is 2.31 bits per heavy atom. The summed E-state index contributed by atoms with van der Waals surface area (Å²) >= 11 is 5.92. The molecular formula is C12H13ClFNO. The van der Waals surface area contributed by atoms with Crippen molar-refractivity contribution in [1.29, 1.82) is 0 Å². The van der Waals surface area contributed by atoms with Crippen LogP contribution in [0.1, 0.15) is 12.0 Å². The van der Waals surface area contributed by atoms with Gasteiger partial charge in [-0.1, -0.05) is 17.7 Å². The molecule has 4 heteroatoms. The summed E-state index contributed by atoms with van der Waals surface area (Å²) in [5, 5.41) is 3.58. The number of rotatable bonds is 2. The van der Waals surface area contributed by atoms with Crippen molar-refractivity contribution in [2.45, 2.75) is 12.8 Å². The van der Waals surface area contributed by atoms with Crippen molar-refractivity contribution >= 4 is 17.4 Å². The van der Waals surface area contributed by atoms with Gasteiger partial charge < -0.3 is 5.32 Å². The fourth-order valence-corrected chi connectivity index (χ4v) is 2.19. The van der Waals surface area contributed by atoms with E-state index < -0.39 is 0 Å². The van der Waals surface area contributed by atoms with Gasteiger partial charge in [-0.3, -0.25) is 4.79 Å². The maximum atomic E-state index is 12.8. The van der Waals surface area contributed by atoms with Gasteiger partial charge in [0.1, 0.15) is 11.6 Å². The number of hydrogen-bond donors (Lipinski definition) is 1. The maximum Gasteiger partial charge on any atom is 0.138 e. The van der Waals surface area contributed by atoms with Gasteiger partial charge in [-0.05, 0) is 24.1 Å². The van der Waals surface area contributed by atoms with Gasteiger partial charge in [-0.2, -0.15) is 0 Å². The van der Waals surface area contributed by atoms with Crippen LogP contribution in [0.2, 0.25) is 5.02 Å². The van der Waals surface area contributed by atoms with Crippen LogP contribution in [0.5, 0.6) is 0 Å². The minimum absolute atomic E-state index is 0.0308. The Balaban J connectivity index is 2.10. The Morgan fingerprint density at radius 1 is 1.50 bits per heavy atom. The highest BCUT2D eigenvalue weighted by atomic mass is 35.5. The molecule has 2 rings (SSSR count). The molecule has 16 heavy (non-hydrogen) atoms. The zero-order chi connectivity index (χ0) is 11.5. The van der Waals surface area contributed by atoms with Crippen LogP contribution < -0.4 is 5.32 Å². The van der Waals surface area contributed by atoms with Crippen molar-refractivity contribution in [1.82, 2.24) is 5.32 Å². The first kappa shape index (κ1) is 11.6. The van der Waals surface area contributed by atoms with Gasteiger partial charge in [0.25, 0.3) is 0 Å². The molecule has 1 fully saturated rings. The number of halogens is 2. The molecule has 1 heterocycles. The normalized spacial score (nSPS) is 21.1. The Hall–Kier alpha value is -0.930. The van der Waals surface area contributed by atoms with Crippen LogP contribution in [-0.4, -0.2) is 18.9 Å². The Morgan fingerprint density at radius 3 is 3.00 bits per heavy atom. The molecule has 1 atom stereocenters. The van der Waals surface area contributed by atoms with Gasteiger partial charge >= 0.3 is 0 Å². The standard InChI is InChI=1S/C12H13ClFNO/c13-11-6-10(14)2-1-8(11)5-9-7-15-4-3-12(9)16/h1-2,6,9,15H,3-5,7H2. The number of Topliss-reactive ketones (excluding diaryl/α,β-unsaturated/α-hetero) is 1. The van der Waals surface area contributed by atoms with Gasteiger partial charge in [-0.25, -0.2) is 4.39 Å².